The molecule has 18 heavy (non-hydrogen) atoms. The van der Waals surface area contributed by atoms with E-state index < -0.39 is 0 Å². The Morgan fingerprint density at radius 1 is 1.50 bits per heavy atom. The smallest absolute Gasteiger partial charge is 0.236 e. The van der Waals surface area contributed by atoms with Crippen molar-refractivity contribution in [3.05, 3.63) is 35.4 Å². The summed E-state index contributed by atoms with van der Waals surface area (Å²) in [5, 5.41) is 2.90. The lowest BCUT2D eigenvalue weighted by Gasteiger charge is -2.33. The van der Waals surface area contributed by atoms with E-state index in [9.17, 15) is 4.79 Å². The number of morpholine rings is 1. The summed E-state index contributed by atoms with van der Waals surface area (Å²) >= 11 is 0. The molecular weight excluding hydrogens is 228 g/mol. The molecule has 1 N–H and O–H groups in total. The minimum Gasteiger partial charge on any atom is -0.370 e. The van der Waals surface area contributed by atoms with E-state index in [0.29, 0.717) is 26.2 Å². The molecule has 1 amide bonds. The summed E-state index contributed by atoms with van der Waals surface area (Å²) in [6.45, 7) is 4.40. The van der Waals surface area contributed by atoms with Crippen LogP contribution in [0.4, 0.5) is 0 Å². The Morgan fingerprint density at radius 3 is 3.00 bits per heavy atom. The summed E-state index contributed by atoms with van der Waals surface area (Å²) in [5.74, 6) is 0.138. The van der Waals surface area contributed by atoms with Crippen LogP contribution in [0.3, 0.4) is 0 Å². The van der Waals surface area contributed by atoms with Crippen molar-refractivity contribution in [1.29, 1.82) is 0 Å². The van der Waals surface area contributed by atoms with E-state index in [-0.39, 0.29) is 12.0 Å². The van der Waals surface area contributed by atoms with Gasteiger partial charge in [0.2, 0.25) is 5.91 Å². The Balaban J connectivity index is 2.07. The number of hydrogen-bond acceptors (Lipinski definition) is 3. The van der Waals surface area contributed by atoms with Gasteiger partial charge in [-0.25, -0.2) is 0 Å². The van der Waals surface area contributed by atoms with Gasteiger partial charge < -0.3 is 15.0 Å². The standard InChI is InChI=1S/C14H20N2O2/c1-11-5-3-4-6-12(11)13-10-16(7-8-18-13)14(17)9-15-2/h3-6,13,15H,7-10H2,1-2H3. The molecule has 0 spiro atoms. The van der Waals surface area contributed by atoms with Gasteiger partial charge in [0.25, 0.3) is 0 Å². The van der Waals surface area contributed by atoms with E-state index in [2.05, 4.69) is 24.4 Å². The molecule has 2 rings (SSSR count). The van der Waals surface area contributed by atoms with Gasteiger partial charge in [-0.2, -0.15) is 0 Å². The Bertz CT molecular complexity index is 420. The van der Waals surface area contributed by atoms with Crippen LogP contribution in [0.15, 0.2) is 24.3 Å². The molecule has 4 nitrogen and oxygen atoms in total. The summed E-state index contributed by atoms with van der Waals surface area (Å²) in [7, 11) is 1.79. The number of amides is 1. The van der Waals surface area contributed by atoms with Crippen LogP contribution < -0.4 is 5.32 Å². The van der Waals surface area contributed by atoms with Gasteiger partial charge in [0.1, 0.15) is 6.10 Å². The van der Waals surface area contributed by atoms with Crippen molar-refractivity contribution < 1.29 is 9.53 Å². The second-order valence-electron chi connectivity index (χ2n) is 4.59. The zero-order valence-corrected chi connectivity index (χ0v) is 11.0. The van der Waals surface area contributed by atoms with Gasteiger partial charge in [-0.3, -0.25) is 4.79 Å². The molecule has 1 aromatic carbocycles. The minimum absolute atomic E-state index is 0.000700. The van der Waals surface area contributed by atoms with Crippen LogP contribution in [0.1, 0.15) is 17.2 Å². The highest BCUT2D eigenvalue weighted by Crippen LogP contribution is 2.24. The SMILES string of the molecule is CNCC(=O)N1CCOC(c2ccccc2C)C1. The third kappa shape index (κ3) is 2.89. The number of aryl methyl sites for hydroxylation is 1. The van der Waals surface area contributed by atoms with Crippen molar-refractivity contribution >= 4 is 5.91 Å². The Hall–Kier alpha value is -1.39. The molecule has 1 aliphatic rings. The van der Waals surface area contributed by atoms with Crippen molar-refractivity contribution in [2.75, 3.05) is 33.3 Å². The zero-order chi connectivity index (χ0) is 13.0. The number of rotatable bonds is 3. The van der Waals surface area contributed by atoms with Gasteiger partial charge in [-0.05, 0) is 25.1 Å². The number of benzene rings is 1. The van der Waals surface area contributed by atoms with Gasteiger partial charge in [0.05, 0.1) is 19.7 Å². The van der Waals surface area contributed by atoms with Crippen LogP contribution >= 0.6 is 0 Å². The molecular formula is C14H20N2O2. The quantitative estimate of drug-likeness (QED) is 0.871. The van der Waals surface area contributed by atoms with E-state index in [4.69, 9.17) is 4.74 Å². The van der Waals surface area contributed by atoms with Crippen LogP contribution in [-0.4, -0.2) is 44.1 Å². The van der Waals surface area contributed by atoms with Gasteiger partial charge >= 0.3 is 0 Å². The Kier molecular flexibility index (Phi) is 4.33. The van der Waals surface area contributed by atoms with Crippen LogP contribution in [-0.2, 0) is 9.53 Å². The highest BCUT2D eigenvalue weighted by atomic mass is 16.5. The number of nitrogens with one attached hydrogen (secondary N) is 1. The molecule has 4 heteroatoms. The lowest BCUT2D eigenvalue weighted by atomic mass is 10.0. The summed E-state index contributed by atoms with van der Waals surface area (Å²) < 4.78 is 5.79. The molecule has 1 heterocycles. The van der Waals surface area contributed by atoms with Crippen LogP contribution in [0.5, 0.6) is 0 Å². The summed E-state index contributed by atoms with van der Waals surface area (Å²) in [5.41, 5.74) is 2.39. The zero-order valence-electron chi connectivity index (χ0n) is 11.0. The second-order valence-corrected chi connectivity index (χ2v) is 4.59. The van der Waals surface area contributed by atoms with Crippen molar-refractivity contribution in [1.82, 2.24) is 10.2 Å². The highest BCUT2D eigenvalue weighted by Gasteiger charge is 2.25. The maximum atomic E-state index is 11.9. The van der Waals surface area contributed by atoms with Gasteiger partial charge in [0, 0.05) is 6.54 Å². The van der Waals surface area contributed by atoms with E-state index in [1.165, 1.54) is 11.1 Å². The topological polar surface area (TPSA) is 41.6 Å². The lowest BCUT2D eigenvalue weighted by molar-refractivity contribution is -0.137. The first-order chi connectivity index (χ1) is 8.72. The average Bonchev–Trinajstić information content (AvgIpc) is 2.40. The average molecular weight is 248 g/mol. The van der Waals surface area contributed by atoms with Gasteiger partial charge in [-0.15, -0.1) is 0 Å². The first kappa shape index (κ1) is 13.1. The number of hydrogen-bond donors (Lipinski definition) is 1. The summed E-state index contributed by atoms with van der Waals surface area (Å²) in [4.78, 5) is 13.7. The molecule has 98 valence electrons. The monoisotopic (exact) mass is 248 g/mol. The van der Waals surface area contributed by atoms with Gasteiger partial charge in [-0.1, -0.05) is 24.3 Å². The number of carbonyl (C=O) groups is 1. The molecule has 0 aliphatic carbocycles. The largest absolute Gasteiger partial charge is 0.370 e. The van der Waals surface area contributed by atoms with Crippen LogP contribution in [0.2, 0.25) is 0 Å². The lowest BCUT2D eigenvalue weighted by Crippen LogP contribution is -2.45. The maximum Gasteiger partial charge on any atom is 0.236 e. The van der Waals surface area contributed by atoms with Crippen molar-refractivity contribution in [2.24, 2.45) is 0 Å². The number of likely N-dealkylation sites (N-methyl/N-ethyl adjacent to an activating group) is 1. The molecule has 1 aliphatic heterocycles. The number of carbonyl (C=O) groups excluding carboxylic acids is 1. The molecule has 0 bridgehead atoms. The molecule has 1 saturated heterocycles. The predicted octanol–water partition coefficient (Wildman–Crippen LogP) is 1.11. The highest BCUT2D eigenvalue weighted by molar-refractivity contribution is 5.78. The molecule has 0 radical (unpaired) electrons. The van der Waals surface area contributed by atoms with E-state index in [1.807, 2.05) is 17.0 Å². The molecule has 1 unspecified atom stereocenters. The maximum absolute atomic E-state index is 11.9. The van der Waals surface area contributed by atoms with E-state index in [1.54, 1.807) is 7.05 Å². The number of ether oxygens (including phenoxy) is 1. The van der Waals surface area contributed by atoms with E-state index in [0.717, 1.165) is 0 Å². The molecule has 1 aromatic rings. The Labute approximate surface area is 108 Å². The molecule has 0 saturated carbocycles. The third-order valence-corrected chi connectivity index (χ3v) is 3.28. The Morgan fingerprint density at radius 2 is 2.28 bits per heavy atom. The fourth-order valence-corrected chi connectivity index (χ4v) is 2.28. The van der Waals surface area contributed by atoms with Crippen LogP contribution in [0, 0.1) is 6.92 Å². The van der Waals surface area contributed by atoms with Gasteiger partial charge in [0.15, 0.2) is 0 Å². The van der Waals surface area contributed by atoms with Crippen molar-refractivity contribution in [3.63, 3.8) is 0 Å². The first-order valence-electron chi connectivity index (χ1n) is 6.32. The molecule has 1 atom stereocenters. The molecule has 1 fully saturated rings. The minimum atomic E-state index is 0.000700. The van der Waals surface area contributed by atoms with Crippen molar-refractivity contribution in [3.8, 4) is 0 Å². The third-order valence-electron chi connectivity index (χ3n) is 3.28. The van der Waals surface area contributed by atoms with Crippen molar-refractivity contribution in [2.45, 2.75) is 13.0 Å². The fourth-order valence-electron chi connectivity index (χ4n) is 2.28. The normalized spacial score (nSPS) is 19.9. The second kappa shape index (κ2) is 5.98. The summed E-state index contributed by atoms with van der Waals surface area (Å²) in [6, 6.07) is 8.19. The van der Waals surface area contributed by atoms with Crippen LogP contribution in [0.25, 0.3) is 0 Å². The van der Waals surface area contributed by atoms with E-state index >= 15 is 0 Å². The predicted molar refractivity (Wildman–Crippen MR) is 70.4 cm³/mol. The first-order valence-corrected chi connectivity index (χ1v) is 6.32. The number of nitrogens with zero attached hydrogens (tertiary/aromatic N) is 1. The fraction of sp³-hybridized carbons (Fsp3) is 0.500. The molecule has 0 aromatic heterocycles. The summed E-state index contributed by atoms with van der Waals surface area (Å²) in [6.07, 6.45) is 0.000700.